The van der Waals surface area contributed by atoms with E-state index in [0.717, 1.165) is 11.5 Å². The van der Waals surface area contributed by atoms with E-state index in [0.29, 0.717) is 16.6 Å². The van der Waals surface area contributed by atoms with Crippen molar-refractivity contribution >= 4 is 53.6 Å². The molecule has 0 aliphatic carbocycles. The molecule has 5 rings (SSSR count). The Labute approximate surface area is 171 Å². The minimum absolute atomic E-state index is 0.0121. The summed E-state index contributed by atoms with van der Waals surface area (Å²) in [5.41, 5.74) is 1.14. The molecule has 0 saturated carbocycles. The van der Waals surface area contributed by atoms with Crippen molar-refractivity contribution in [1.29, 1.82) is 0 Å². The van der Waals surface area contributed by atoms with Gasteiger partial charge in [0.15, 0.2) is 16.3 Å². The lowest BCUT2D eigenvalue weighted by atomic mass is 10.1. The predicted molar refractivity (Wildman–Crippen MR) is 111 cm³/mol. The van der Waals surface area contributed by atoms with Crippen molar-refractivity contribution in [2.24, 2.45) is 0 Å². The SMILES string of the molecule is O=[SH](=O)c1ccc2c(c1)cc(S(=O)(=O)O)c1oc(-c3ccc4ccccc4n3)nc12. The van der Waals surface area contributed by atoms with Gasteiger partial charge in [-0.15, -0.1) is 0 Å². The van der Waals surface area contributed by atoms with Crippen LogP contribution in [0, 0.1) is 0 Å². The topological polar surface area (TPSA) is 127 Å². The van der Waals surface area contributed by atoms with Crippen molar-refractivity contribution in [3.8, 4) is 11.6 Å². The highest BCUT2D eigenvalue weighted by Gasteiger charge is 2.23. The molecule has 0 fully saturated rings. The average Bonchev–Trinajstić information content (AvgIpc) is 3.17. The molecule has 0 saturated heterocycles. The summed E-state index contributed by atoms with van der Waals surface area (Å²) < 4.78 is 62.0. The van der Waals surface area contributed by atoms with Gasteiger partial charge >= 0.3 is 0 Å². The zero-order valence-corrected chi connectivity index (χ0v) is 16.7. The van der Waals surface area contributed by atoms with E-state index in [9.17, 15) is 21.4 Å². The maximum atomic E-state index is 12.0. The zero-order chi connectivity index (χ0) is 21.0. The van der Waals surface area contributed by atoms with Crippen LogP contribution in [0.4, 0.5) is 0 Å². The number of aromatic nitrogens is 2. The van der Waals surface area contributed by atoms with Gasteiger partial charge in [-0.05, 0) is 35.7 Å². The molecule has 5 aromatic rings. The molecule has 30 heavy (non-hydrogen) atoms. The number of para-hydroxylation sites is 1. The molecule has 3 aromatic carbocycles. The van der Waals surface area contributed by atoms with Crippen LogP contribution in [-0.2, 0) is 20.8 Å². The summed E-state index contributed by atoms with van der Waals surface area (Å²) in [6.45, 7) is 0. The number of thiol groups is 1. The summed E-state index contributed by atoms with van der Waals surface area (Å²) in [5.74, 6) is 0.0760. The number of oxazole rings is 1. The molecule has 0 spiro atoms. The number of rotatable bonds is 3. The van der Waals surface area contributed by atoms with Gasteiger partial charge in [-0.2, -0.15) is 8.42 Å². The highest BCUT2D eigenvalue weighted by molar-refractivity contribution is 7.86. The maximum Gasteiger partial charge on any atom is 0.298 e. The van der Waals surface area contributed by atoms with Crippen LogP contribution in [0.3, 0.4) is 0 Å². The summed E-state index contributed by atoms with van der Waals surface area (Å²) in [6, 6.07) is 16.4. The quantitative estimate of drug-likeness (QED) is 0.323. The third-order valence-corrected chi connectivity index (χ3v) is 6.29. The number of fused-ring (bicyclic) bond motifs is 4. The second kappa shape index (κ2) is 6.59. The third-order valence-electron chi connectivity index (χ3n) is 4.73. The van der Waals surface area contributed by atoms with E-state index in [1.165, 1.54) is 18.2 Å². The maximum absolute atomic E-state index is 12.0. The Balaban J connectivity index is 1.84. The van der Waals surface area contributed by atoms with Gasteiger partial charge in [0.05, 0.1) is 10.4 Å². The van der Waals surface area contributed by atoms with Gasteiger partial charge in [0.25, 0.3) is 10.1 Å². The zero-order valence-electron chi connectivity index (χ0n) is 15.0. The van der Waals surface area contributed by atoms with Gasteiger partial charge in [0.1, 0.15) is 16.1 Å². The Hall–Kier alpha value is -3.34. The standard InChI is InChI=1S/C20H12N2O6S2/c23-29(24)13-6-7-14-12(9-13)10-17(30(25,26)27)19-18(14)22-20(28-19)16-8-5-11-3-1-2-4-15(11)21-16/h1-10,29H,(H,25,26,27). The van der Waals surface area contributed by atoms with Crippen molar-refractivity contribution in [1.82, 2.24) is 9.97 Å². The Morgan fingerprint density at radius 1 is 0.900 bits per heavy atom. The molecule has 0 atom stereocenters. The van der Waals surface area contributed by atoms with Crippen LogP contribution in [0.5, 0.6) is 0 Å². The van der Waals surface area contributed by atoms with Gasteiger partial charge in [0.2, 0.25) is 5.89 Å². The van der Waals surface area contributed by atoms with Gasteiger partial charge in [0, 0.05) is 10.8 Å². The van der Waals surface area contributed by atoms with Gasteiger partial charge in [-0.1, -0.05) is 30.3 Å². The van der Waals surface area contributed by atoms with Crippen molar-refractivity contribution in [3.05, 3.63) is 60.7 Å². The summed E-state index contributed by atoms with van der Waals surface area (Å²) in [6.07, 6.45) is 0. The van der Waals surface area contributed by atoms with Gasteiger partial charge in [-0.3, -0.25) is 4.55 Å². The Morgan fingerprint density at radius 2 is 1.70 bits per heavy atom. The smallest absolute Gasteiger partial charge is 0.298 e. The number of hydrogen-bond acceptors (Lipinski definition) is 7. The lowest BCUT2D eigenvalue weighted by Crippen LogP contribution is -1.99. The summed E-state index contributed by atoms with van der Waals surface area (Å²) >= 11 is 0. The van der Waals surface area contributed by atoms with Crippen molar-refractivity contribution in [2.45, 2.75) is 9.79 Å². The molecule has 8 nitrogen and oxygen atoms in total. The fourth-order valence-electron chi connectivity index (χ4n) is 3.36. The third kappa shape index (κ3) is 3.02. The Bertz CT molecular complexity index is 1660. The minimum atomic E-state index is -4.66. The molecule has 0 amide bonds. The molecule has 1 N–H and O–H groups in total. The lowest BCUT2D eigenvalue weighted by molar-refractivity contribution is 0.482. The van der Waals surface area contributed by atoms with Crippen LogP contribution in [0.25, 0.3) is 44.4 Å². The molecule has 0 bridgehead atoms. The fourth-order valence-corrected chi connectivity index (χ4v) is 4.45. The minimum Gasteiger partial charge on any atom is -0.433 e. The van der Waals surface area contributed by atoms with E-state index in [1.807, 2.05) is 30.3 Å². The number of benzene rings is 3. The lowest BCUT2D eigenvalue weighted by Gasteiger charge is -2.03. The Kier molecular flexibility index (Phi) is 4.10. The van der Waals surface area contributed by atoms with E-state index < -0.39 is 25.7 Å². The van der Waals surface area contributed by atoms with E-state index in [1.54, 1.807) is 6.07 Å². The first-order chi connectivity index (χ1) is 14.3. The van der Waals surface area contributed by atoms with Crippen LogP contribution in [-0.4, -0.2) is 31.4 Å². The molecule has 150 valence electrons. The highest BCUT2D eigenvalue weighted by atomic mass is 32.2. The second-order valence-corrected chi connectivity index (χ2v) is 9.02. The number of nitrogens with zero attached hydrogens (tertiary/aromatic N) is 2. The molecule has 2 heterocycles. The van der Waals surface area contributed by atoms with Crippen LogP contribution in [0.1, 0.15) is 0 Å². The highest BCUT2D eigenvalue weighted by Crippen LogP contribution is 2.35. The first kappa shape index (κ1) is 18.7. The van der Waals surface area contributed by atoms with E-state index in [-0.39, 0.29) is 27.3 Å². The normalized spacial score (nSPS) is 12.3. The molecule has 0 aliphatic rings. The van der Waals surface area contributed by atoms with Crippen LogP contribution >= 0.6 is 0 Å². The molecular formula is C20H12N2O6S2. The summed E-state index contributed by atoms with van der Waals surface area (Å²) in [4.78, 5) is 8.43. The predicted octanol–water partition coefficient (Wildman–Crippen LogP) is 3.41. The second-order valence-electron chi connectivity index (χ2n) is 6.60. The van der Waals surface area contributed by atoms with E-state index >= 15 is 0 Å². The number of hydrogen-bond donors (Lipinski definition) is 2. The Morgan fingerprint density at radius 3 is 2.47 bits per heavy atom. The molecule has 10 heteroatoms. The van der Waals surface area contributed by atoms with Crippen molar-refractivity contribution < 1.29 is 25.8 Å². The molecular weight excluding hydrogens is 428 g/mol. The molecule has 0 unspecified atom stereocenters. The molecule has 2 aromatic heterocycles. The summed E-state index contributed by atoms with van der Waals surface area (Å²) in [5, 5.41) is 1.69. The first-order valence-corrected chi connectivity index (χ1v) is 11.3. The van der Waals surface area contributed by atoms with E-state index in [2.05, 4.69) is 9.97 Å². The van der Waals surface area contributed by atoms with Gasteiger partial charge in [-0.25, -0.2) is 18.4 Å². The number of pyridine rings is 1. The summed E-state index contributed by atoms with van der Waals surface area (Å²) in [7, 11) is -7.53. The van der Waals surface area contributed by atoms with Crippen LogP contribution in [0.15, 0.2) is 74.9 Å². The average molecular weight is 440 g/mol. The fraction of sp³-hybridized carbons (Fsp3) is 0. The van der Waals surface area contributed by atoms with Crippen LogP contribution in [0.2, 0.25) is 0 Å². The van der Waals surface area contributed by atoms with Gasteiger partial charge < -0.3 is 4.42 Å². The molecule has 0 radical (unpaired) electrons. The van der Waals surface area contributed by atoms with Crippen molar-refractivity contribution in [2.75, 3.05) is 0 Å². The molecule has 0 aliphatic heterocycles. The van der Waals surface area contributed by atoms with Crippen LogP contribution < -0.4 is 0 Å². The van der Waals surface area contributed by atoms with Crippen molar-refractivity contribution in [3.63, 3.8) is 0 Å². The monoisotopic (exact) mass is 440 g/mol. The largest absolute Gasteiger partial charge is 0.433 e. The van der Waals surface area contributed by atoms with E-state index in [4.69, 9.17) is 4.42 Å². The first-order valence-electron chi connectivity index (χ1n) is 8.66.